The molecule has 0 radical (unpaired) electrons. The number of hydrogen-bond donors (Lipinski definition) is 2. The number of carbonyl (C=O) groups excluding carboxylic acids is 1. The number of aromatic nitrogens is 2. The summed E-state index contributed by atoms with van der Waals surface area (Å²) in [5.41, 5.74) is 8.58. The molecule has 1 heterocycles. The van der Waals surface area contributed by atoms with Crippen LogP contribution in [0.5, 0.6) is 0 Å². The Balaban J connectivity index is 1.89. The molecule has 0 spiro atoms. The van der Waals surface area contributed by atoms with Gasteiger partial charge in [-0.05, 0) is 24.1 Å². The van der Waals surface area contributed by atoms with E-state index < -0.39 is 10.8 Å². The number of nitrogens with one attached hydrogen (secondary N) is 1. The van der Waals surface area contributed by atoms with Crippen LogP contribution in [0.1, 0.15) is 41.4 Å². The van der Waals surface area contributed by atoms with Crippen LogP contribution in [0, 0.1) is 10.1 Å². The van der Waals surface area contributed by atoms with E-state index in [2.05, 4.69) is 24.3 Å². The number of hydrogen-bond acceptors (Lipinski definition) is 5. The minimum absolute atomic E-state index is 0.0794. The van der Waals surface area contributed by atoms with Crippen LogP contribution in [0.25, 0.3) is 5.69 Å². The number of nitro groups is 1. The van der Waals surface area contributed by atoms with Crippen LogP contribution in [0.15, 0.2) is 54.7 Å². The van der Waals surface area contributed by atoms with Crippen molar-refractivity contribution in [2.75, 3.05) is 5.32 Å². The van der Waals surface area contributed by atoms with E-state index in [4.69, 9.17) is 5.73 Å². The van der Waals surface area contributed by atoms with E-state index in [1.807, 2.05) is 41.2 Å². The molecule has 0 fully saturated rings. The maximum absolute atomic E-state index is 11.7. The molecule has 3 rings (SSSR count). The predicted molar refractivity (Wildman–Crippen MR) is 107 cm³/mol. The second-order valence-corrected chi connectivity index (χ2v) is 6.68. The molecule has 0 saturated heterocycles. The maximum atomic E-state index is 11.7. The second-order valence-electron chi connectivity index (χ2n) is 6.68. The van der Waals surface area contributed by atoms with Crippen LogP contribution in [0.3, 0.4) is 0 Å². The smallest absolute Gasteiger partial charge is 0.270 e. The number of carbonyl (C=O) groups is 1. The Bertz CT molecular complexity index is 1010. The molecule has 0 aliphatic rings. The van der Waals surface area contributed by atoms with E-state index in [-0.39, 0.29) is 17.2 Å². The van der Waals surface area contributed by atoms with E-state index in [1.54, 1.807) is 0 Å². The molecule has 8 heteroatoms. The summed E-state index contributed by atoms with van der Waals surface area (Å²) >= 11 is 0. The van der Waals surface area contributed by atoms with Gasteiger partial charge in [-0.15, -0.1) is 0 Å². The molecule has 144 valence electrons. The first-order valence-corrected chi connectivity index (χ1v) is 8.82. The van der Waals surface area contributed by atoms with E-state index in [0.29, 0.717) is 12.2 Å². The molecule has 2 aromatic carbocycles. The van der Waals surface area contributed by atoms with Gasteiger partial charge in [0.15, 0.2) is 0 Å². The number of nitrogens with two attached hydrogens (primary N) is 1. The Morgan fingerprint density at radius 2 is 1.96 bits per heavy atom. The van der Waals surface area contributed by atoms with Gasteiger partial charge in [0.2, 0.25) is 0 Å². The number of benzene rings is 2. The molecule has 3 aromatic rings. The summed E-state index contributed by atoms with van der Waals surface area (Å²) in [4.78, 5) is 22.1. The van der Waals surface area contributed by atoms with E-state index in [1.165, 1.54) is 18.2 Å². The number of non-ortho nitro benzene ring substituents is 1. The van der Waals surface area contributed by atoms with E-state index in [0.717, 1.165) is 16.9 Å². The van der Waals surface area contributed by atoms with Gasteiger partial charge < -0.3 is 11.1 Å². The fourth-order valence-corrected chi connectivity index (χ4v) is 2.95. The van der Waals surface area contributed by atoms with Crippen molar-refractivity contribution in [2.45, 2.75) is 26.3 Å². The van der Waals surface area contributed by atoms with Gasteiger partial charge in [-0.25, -0.2) is 4.68 Å². The van der Waals surface area contributed by atoms with Crippen LogP contribution in [0.4, 0.5) is 11.4 Å². The van der Waals surface area contributed by atoms with Crippen molar-refractivity contribution in [3.63, 3.8) is 0 Å². The summed E-state index contributed by atoms with van der Waals surface area (Å²) in [6.45, 7) is 4.52. The highest BCUT2D eigenvalue weighted by atomic mass is 16.6. The minimum atomic E-state index is -0.727. The van der Waals surface area contributed by atoms with Crippen LogP contribution >= 0.6 is 0 Å². The maximum Gasteiger partial charge on any atom is 0.270 e. The Hall–Kier alpha value is -3.68. The third-order valence-electron chi connectivity index (χ3n) is 4.34. The van der Waals surface area contributed by atoms with Crippen molar-refractivity contribution >= 4 is 17.3 Å². The lowest BCUT2D eigenvalue weighted by atomic mass is 10.1. The van der Waals surface area contributed by atoms with Gasteiger partial charge in [-0.1, -0.05) is 32.0 Å². The lowest BCUT2D eigenvalue weighted by Gasteiger charge is -2.11. The molecule has 8 nitrogen and oxygen atoms in total. The molecule has 28 heavy (non-hydrogen) atoms. The predicted octanol–water partition coefficient (Wildman–Crippen LogP) is 3.61. The number of nitrogens with zero attached hydrogens (tertiary/aromatic N) is 3. The number of anilines is 1. The first kappa shape index (κ1) is 19.1. The van der Waals surface area contributed by atoms with Gasteiger partial charge in [-0.3, -0.25) is 14.9 Å². The highest BCUT2D eigenvalue weighted by molar-refractivity contribution is 5.99. The second kappa shape index (κ2) is 7.91. The number of primary amides is 1. The van der Waals surface area contributed by atoms with Gasteiger partial charge in [0, 0.05) is 36.1 Å². The summed E-state index contributed by atoms with van der Waals surface area (Å²) in [6.07, 6.45) is 1.94. The number of para-hydroxylation sites is 1. The molecular weight excluding hydrogens is 358 g/mol. The highest BCUT2D eigenvalue weighted by Crippen LogP contribution is 2.25. The highest BCUT2D eigenvalue weighted by Gasteiger charge is 2.17. The summed E-state index contributed by atoms with van der Waals surface area (Å²) in [5, 5.41) is 18.8. The summed E-state index contributed by atoms with van der Waals surface area (Å²) in [5.74, 6) is -0.524. The summed E-state index contributed by atoms with van der Waals surface area (Å²) < 4.78 is 1.82. The molecule has 3 N–H and O–H groups in total. The monoisotopic (exact) mass is 379 g/mol. The van der Waals surface area contributed by atoms with Crippen molar-refractivity contribution in [3.8, 4) is 5.69 Å². The van der Waals surface area contributed by atoms with Gasteiger partial charge in [0.25, 0.3) is 11.6 Å². The van der Waals surface area contributed by atoms with Gasteiger partial charge in [-0.2, -0.15) is 5.10 Å². The number of amides is 1. The van der Waals surface area contributed by atoms with Crippen molar-refractivity contribution in [3.05, 3.63) is 81.7 Å². The summed E-state index contributed by atoms with van der Waals surface area (Å²) in [7, 11) is 0. The lowest BCUT2D eigenvalue weighted by Crippen LogP contribution is -2.15. The van der Waals surface area contributed by atoms with Crippen molar-refractivity contribution < 1.29 is 9.72 Å². The van der Waals surface area contributed by atoms with Crippen molar-refractivity contribution in [1.29, 1.82) is 0 Å². The molecule has 0 aliphatic heterocycles. The lowest BCUT2D eigenvalue weighted by molar-refractivity contribution is -0.384. The fraction of sp³-hybridized carbons (Fsp3) is 0.200. The van der Waals surface area contributed by atoms with Crippen LogP contribution in [-0.2, 0) is 6.54 Å². The standard InChI is InChI=1S/C20H21N5O3/c1-13(2)19-14(12-24(23-19)15-6-4-3-5-7-15)11-22-18-9-8-16(25(27)28)10-17(18)20(21)26/h3-10,12-13,22H,11H2,1-2H3,(H2,21,26). The largest absolute Gasteiger partial charge is 0.380 e. The number of rotatable bonds is 7. The molecule has 1 amide bonds. The molecule has 0 saturated carbocycles. The Kier molecular flexibility index (Phi) is 5.39. The quantitative estimate of drug-likeness (QED) is 0.480. The SMILES string of the molecule is CC(C)c1nn(-c2ccccc2)cc1CNc1ccc([N+](=O)[O-])cc1C(N)=O. The normalized spacial score (nSPS) is 10.8. The molecule has 0 unspecified atom stereocenters. The van der Waals surface area contributed by atoms with E-state index >= 15 is 0 Å². The first-order chi connectivity index (χ1) is 13.4. The third kappa shape index (κ3) is 4.01. The van der Waals surface area contributed by atoms with Gasteiger partial charge >= 0.3 is 0 Å². The van der Waals surface area contributed by atoms with Crippen molar-refractivity contribution in [2.24, 2.45) is 5.73 Å². The summed E-state index contributed by atoms with van der Waals surface area (Å²) in [6, 6.07) is 13.8. The molecule has 0 atom stereocenters. The van der Waals surface area contributed by atoms with Gasteiger partial charge in [0.1, 0.15) is 0 Å². The molecule has 1 aromatic heterocycles. The zero-order valence-electron chi connectivity index (χ0n) is 15.6. The number of nitro benzene ring substituents is 1. The van der Waals surface area contributed by atoms with Crippen LogP contribution in [0.2, 0.25) is 0 Å². The van der Waals surface area contributed by atoms with Crippen molar-refractivity contribution in [1.82, 2.24) is 9.78 Å². The Morgan fingerprint density at radius 1 is 1.25 bits per heavy atom. The third-order valence-corrected chi connectivity index (χ3v) is 4.34. The Morgan fingerprint density at radius 3 is 2.57 bits per heavy atom. The van der Waals surface area contributed by atoms with Gasteiger partial charge in [0.05, 0.1) is 21.9 Å². The van der Waals surface area contributed by atoms with Crippen LogP contribution < -0.4 is 11.1 Å². The van der Waals surface area contributed by atoms with Crippen LogP contribution in [-0.4, -0.2) is 20.6 Å². The molecular formula is C20H21N5O3. The topological polar surface area (TPSA) is 116 Å². The fourth-order valence-electron chi connectivity index (χ4n) is 2.95. The Labute approximate surface area is 162 Å². The zero-order chi connectivity index (χ0) is 20.3. The average molecular weight is 379 g/mol. The average Bonchev–Trinajstić information content (AvgIpc) is 3.11. The first-order valence-electron chi connectivity index (χ1n) is 8.82. The molecule has 0 bridgehead atoms. The molecule has 0 aliphatic carbocycles. The zero-order valence-corrected chi connectivity index (χ0v) is 15.6. The minimum Gasteiger partial charge on any atom is -0.380 e. The van der Waals surface area contributed by atoms with E-state index in [9.17, 15) is 14.9 Å².